The van der Waals surface area contributed by atoms with E-state index < -0.39 is 11.7 Å². The van der Waals surface area contributed by atoms with Gasteiger partial charge in [-0.2, -0.15) is 13.2 Å². The van der Waals surface area contributed by atoms with Gasteiger partial charge in [-0.25, -0.2) is 4.98 Å². The molecule has 7 heteroatoms. The average Bonchev–Trinajstić information content (AvgIpc) is 2.63. The van der Waals surface area contributed by atoms with E-state index in [4.69, 9.17) is 5.41 Å². The largest absolute Gasteiger partial charge is 0.416 e. The lowest BCUT2D eigenvalue weighted by Gasteiger charge is -2.09. The Balaban J connectivity index is 2.24. The Kier molecular flexibility index (Phi) is 6.02. The summed E-state index contributed by atoms with van der Waals surface area (Å²) < 4.78 is 37.7. The van der Waals surface area contributed by atoms with Crippen molar-refractivity contribution in [2.75, 3.05) is 24.2 Å². The number of aromatic nitrogens is 1. The standard InChI is InChI=1S/C19H17F3N4/c1-3-10-25-15-11-16(18(24-2)26-12-15)17(23)9-6-13-4-7-14(8-5-13)19(20,21)22/h3-5,7-8,11-12,23,25H,1,10H2,2H3,(H,24,26). The van der Waals surface area contributed by atoms with Gasteiger partial charge in [0.05, 0.1) is 23.0 Å². The van der Waals surface area contributed by atoms with E-state index in [-0.39, 0.29) is 5.71 Å². The summed E-state index contributed by atoms with van der Waals surface area (Å²) in [4.78, 5) is 4.22. The van der Waals surface area contributed by atoms with Crippen molar-refractivity contribution in [3.63, 3.8) is 0 Å². The molecule has 0 atom stereocenters. The molecule has 0 aliphatic rings. The Morgan fingerprint density at radius 2 is 2.00 bits per heavy atom. The number of halogens is 3. The van der Waals surface area contributed by atoms with Crippen LogP contribution in [0.1, 0.15) is 16.7 Å². The van der Waals surface area contributed by atoms with Gasteiger partial charge >= 0.3 is 6.18 Å². The highest BCUT2D eigenvalue weighted by Crippen LogP contribution is 2.29. The van der Waals surface area contributed by atoms with Crippen LogP contribution in [0.3, 0.4) is 0 Å². The number of alkyl halides is 3. The van der Waals surface area contributed by atoms with Crippen LogP contribution in [-0.2, 0) is 6.18 Å². The fourth-order valence-electron chi connectivity index (χ4n) is 2.09. The summed E-state index contributed by atoms with van der Waals surface area (Å²) in [5, 5.41) is 14.1. The quantitative estimate of drug-likeness (QED) is 0.427. The van der Waals surface area contributed by atoms with Gasteiger partial charge in [0.1, 0.15) is 11.5 Å². The molecule has 0 saturated carbocycles. The number of pyridine rings is 1. The molecule has 0 unspecified atom stereocenters. The van der Waals surface area contributed by atoms with E-state index in [0.717, 1.165) is 12.1 Å². The van der Waals surface area contributed by atoms with E-state index >= 15 is 0 Å². The first-order valence-electron chi connectivity index (χ1n) is 7.66. The first-order valence-corrected chi connectivity index (χ1v) is 7.66. The Morgan fingerprint density at radius 1 is 1.31 bits per heavy atom. The molecule has 1 aromatic carbocycles. The second kappa shape index (κ2) is 8.21. The van der Waals surface area contributed by atoms with Gasteiger partial charge in [0.2, 0.25) is 0 Å². The minimum absolute atomic E-state index is 0.00370. The van der Waals surface area contributed by atoms with Crippen molar-refractivity contribution in [1.29, 1.82) is 5.41 Å². The van der Waals surface area contributed by atoms with Gasteiger partial charge in [-0.1, -0.05) is 12.0 Å². The summed E-state index contributed by atoms with van der Waals surface area (Å²) in [6, 6.07) is 6.22. The normalized spacial score (nSPS) is 10.5. The van der Waals surface area contributed by atoms with E-state index in [0.29, 0.717) is 29.2 Å². The third kappa shape index (κ3) is 4.86. The SMILES string of the molecule is C=CCNc1cnc(NC)c(C(=N)C#Cc2ccc(C(F)(F)F)cc2)c1. The minimum atomic E-state index is -4.38. The van der Waals surface area contributed by atoms with Crippen LogP contribution in [0.5, 0.6) is 0 Å². The molecule has 0 aliphatic carbocycles. The van der Waals surface area contributed by atoms with Crippen molar-refractivity contribution in [2.24, 2.45) is 0 Å². The fraction of sp³-hybridized carbons (Fsp3) is 0.158. The fourth-order valence-corrected chi connectivity index (χ4v) is 2.09. The zero-order valence-corrected chi connectivity index (χ0v) is 14.0. The molecule has 2 rings (SSSR count). The highest BCUT2D eigenvalue weighted by atomic mass is 19.4. The summed E-state index contributed by atoms with van der Waals surface area (Å²) in [7, 11) is 1.68. The predicted molar refractivity (Wildman–Crippen MR) is 97.6 cm³/mol. The molecule has 0 saturated heterocycles. The molecule has 4 nitrogen and oxygen atoms in total. The van der Waals surface area contributed by atoms with E-state index in [1.807, 2.05) is 0 Å². The summed E-state index contributed by atoms with van der Waals surface area (Å²) in [6.07, 6.45) is -1.07. The van der Waals surface area contributed by atoms with E-state index in [1.54, 1.807) is 25.4 Å². The highest BCUT2D eigenvalue weighted by molar-refractivity contribution is 6.14. The molecule has 3 N–H and O–H groups in total. The lowest BCUT2D eigenvalue weighted by molar-refractivity contribution is -0.137. The Hall–Kier alpha value is -3.27. The first kappa shape index (κ1) is 19.1. The van der Waals surface area contributed by atoms with Gasteiger partial charge in [-0.15, -0.1) is 6.58 Å². The smallest absolute Gasteiger partial charge is 0.380 e. The number of benzene rings is 1. The third-order valence-electron chi connectivity index (χ3n) is 3.39. The van der Waals surface area contributed by atoms with Crippen molar-refractivity contribution in [3.8, 4) is 11.8 Å². The Bertz CT molecular complexity index is 859. The molecule has 134 valence electrons. The first-order chi connectivity index (χ1) is 12.3. The molecule has 1 heterocycles. The number of hydrogen-bond donors (Lipinski definition) is 3. The summed E-state index contributed by atoms with van der Waals surface area (Å²) in [6.45, 7) is 4.17. The highest BCUT2D eigenvalue weighted by Gasteiger charge is 2.29. The van der Waals surface area contributed by atoms with Gasteiger partial charge in [-0.3, -0.25) is 5.41 Å². The maximum absolute atomic E-state index is 12.6. The van der Waals surface area contributed by atoms with Crippen LogP contribution in [0, 0.1) is 17.3 Å². The zero-order valence-electron chi connectivity index (χ0n) is 14.0. The monoisotopic (exact) mass is 358 g/mol. The van der Waals surface area contributed by atoms with E-state index in [2.05, 4.69) is 34.0 Å². The van der Waals surface area contributed by atoms with Gasteiger partial charge in [0.15, 0.2) is 0 Å². The van der Waals surface area contributed by atoms with Crippen molar-refractivity contribution >= 4 is 17.2 Å². The lowest BCUT2D eigenvalue weighted by atomic mass is 10.1. The topological polar surface area (TPSA) is 60.8 Å². The summed E-state index contributed by atoms with van der Waals surface area (Å²) >= 11 is 0. The van der Waals surface area contributed by atoms with Crippen molar-refractivity contribution in [1.82, 2.24) is 4.98 Å². The van der Waals surface area contributed by atoms with E-state index in [9.17, 15) is 13.2 Å². The predicted octanol–water partition coefficient (Wildman–Crippen LogP) is 4.16. The molecule has 0 spiro atoms. The van der Waals surface area contributed by atoms with Crippen molar-refractivity contribution in [2.45, 2.75) is 6.18 Å². The van der Waals surface area contributed by atoms with Crippen LogP contribution in [-0.4, -0.2) is 24.3 Å². The average molecular weight is 358 g/mol. The maximum Gasteiger partial charge on any atom is 0.416 e. The molecule has 0 amide bonds. The van der Waals surface area contributed by atoms with E-state index in [1.165, 1.54) is 12.1 Å². The Labute approximate surface area is 149 Å². The van der Waals surface area contributed by atoms with Gasteiger partial charge in [-0.05, 0) is 36.3 Å². The molecule has 0 bridgehead atoms. The number of nitrogens with one attached hydrogen (secondary N) is 3. The minimum Gasteiger partial charge on any atom is -0.380 e. The van der Waals surface area contributed by atoms with Crippen molar-refractivity contribution < 1.29 is 13.2 Å². The molecular formula is C19H17F3N4. The molecule has 0 fully saturated rings. The zero-order chi connectivity index (χ0) is 19.2. The number of nitrogens with zero attached hydrogens (tertiary/aromatic N) is 1. The molecule has 2 aromatic rings. The van der Waals surface area contributed by atoms with Crippen LogP contribution in [0.2, 0.25) is 0 Å². The van der Waals surface area contributed by atoms with Crippen molar-refractivity contribution in [3.05, 3.63) is 65.9 Å². The third-order valence-corrected chi connectivity index (χ3v) is 3.39. The van der Waals surface area contributed by atoms with Crippen LogP contribution < -0.4 is 10.6 Å². The second-order valence-electron chi connectivity index (χ2n) is 5.24. The van der Waals surface area contributed by atoms with Crippen LogP contribution >= 0.6 is 0 Å². The van der Waals surface area contributed by atoms with Gasteiger partial charge in [0.25, 0.3) is 0 Å². The lowest BCUT2D eigenvalue weighted by Crippen LogP contribution is -2.07. The summed E-state index contributed by atoms with van der Waals surface area (Å²) in [5.41, 5.74) is 0.855. The number of hydrogen-bond acceptors (Lipinski definition) is 4. The molecule has 1 aromatic heterocycles. The van der Waals surface area contributed by atoms with Crippen LogP contribution in [0.15, 0.2) is 49.2 Å². The van der Waals surface area contributed by atoms with Gasteiger partial charge < -0.3 is 10.6 Å². The van der Waals surface area contributed by atoms with Gasteiger partial charge in [0, 0.05) is 19.2 Å². The molecule has 0 aliphatic heterocycles. The summed E-state index contributed by atoms with van der Waals surface area (Å²) in [5.74, 6) is 5.84. The van der Waals surface area contributed by atoms with Crippen LogP contribution in [0.4, 0.5) is 24.7 Å². The number of anilines is 2. The molecular weight excluding hydrogens is 341 g/mol. The molecule has 0 radical (unpaired) electrons. The Morgan fingerprint density at radius 3 is 2.58 bits per heavy atom. The second-order valence-corrected chi connectivity index (χ2v) is 5.24. The van der Waals surface area contributed by atoms with Crippen LogP contribution in [0.25, 0.3) is 0 Å². The molecule has 26 heavy (non-hydrogen) atoms. The number of rotatable bonds is 5. The maximum atomic E-state index is 12.6.